The van der Waals surface area contributed by atoms with Gasteiger partial charge in [-0.15, -0.1) is 0 Å². The van der Waals surface area contributed by atoms with Crippen molar-refractivity contribution in [2.45, 2.75) is 47.1 Å². The van der Waals surface area contributed by atoms with Gasteiger partial charge in [-0.25, -0.2) is 0 Å². The van der Waals surface area contributed by atoms with E-state index >= 15 is 0 Å². The lowest BCUT2D eigenvalue weighted by Gasteiger charge is -2.23. The molecule has 0 aliphatic heterocycles. The predicted octanol–water partition coefficient (Wildman–Crippen LogP) is 2.60. The first-order valence-corrected chi connectivity index (χ1v) is 6.93. The first-order valence-electron chi connectivity index (χ1n) is 6.93. The van der Waals surface area contributed by atoms with Crippen molar-refractivity contribution in [3.8, 4) is 0 Å². The van der Waals surface area contributed by atoms with Crippen molar-refractivity contribution < 1.29 is 23.9 Å². The van der Waals surface area contributed by atoms with Gasteiger partial charge in [0.05, 0.1) is 0 Å². The van der Waals surface area contributed by atoms with Gasteiger partial charge in [-0.1, -0.05) is 24.6 Å². The molecule has 0 aliphatic carbocycles. The summed E-state index contributed by atoms with van der Waals surface area (Å²) in [6.07, 6.45) is 5.22. The Kier molecular flexibility index (Phi) is 9.01. The van der Waals surface area contributed by atoms with E-state index < -0.39 is 0 Å². The molecule has 0 aromatic heterocycles. The topological polar surface area (TPSA) is 69.7 Å². The second-order valence-electron chi connectivity index (χ2n) is 4.88. The number of esters is 2. The number of hydrogen-bond acceptors (Lipinski definition) is 5. The Hall–Kier alpha value is -1.91. The molecule has 0 amide bonds. The molecule has 0 fully saturated rings. The summed E-state index contributed by atoms with van der Waals surface area (Å²) in [5.74, 6) is -1.06. The predicted molar refractivity (Wildman–Crippen MR) is 79.5 cm³/mol. The molecule has 118 valence electrons. The van der Waals surface area contributed by atoms with E-state index in [9.17, 15) is 14.4 Å². The number of hydrogen-bond donors (Lipinski definition) is 0. The molecule has 0 unspecified atom stereocenters. The molecule has 0 spiro atoms. The summed E-state index contributed by atoms with van der Waals surface area (Å²) in [6.45, 7) is 8.00. The van der Waals surface area contributed by atoms with Crippen LogP contribution in [0.5, 0.6) is 0 Å². The smallest absolute Gasteiger partial charge is 0.302 e. The summed E-state index contributed by atoms with van der Waals surface area (Å²) in [5, 5.41) is 0. The molecule has 21 heavy (non-hydrogen) atoms. The number of ketones is 1. The Balaban J connectivity index is 5.09. The third kappa shape index (κ3) is 9.60. The zero-order valence-corrected chi connectivity index (χ0v) is 13.3. The molecule has 0 N–H and O–H groups in total. The average Bonchev–Trinajstić information content (AvgIpc) is 2.38. The Morgan fingerprint density at radius 3 is 2.05 bits per heavy atom. The van der Waals surface area contributed by atoms with Gasteiger partial charge in [-0.3, -0.25) is 14.4 Å². The number of carbonyl (C=O) groups excluding carboxylic acids is 3. The van der Waals surface area contributed by atoms with E-state index in [2.05, 4.69) is 0 Å². The highest BCUT2D eigenvalue weighted by Gasteiger charge is 2.22. The number of allylic oxidation sites excluding steroid dienone is 3. The van der Waals surface area contributed by atoms with E-state index in [0.29, 0.717) is 6.42 Å². The fourth-order valence-corrected chi connectivity index (χ4v) is 1.81. The minimum atomic E-state index is -0.386. The van der Waals surface area contributed by atoms with E-state index in [4.69, 9.17) is 9.47 Å². The third-order valence-electron chi connectivity index (χ3n) is 2.73. The van der Waals surface area contributed by atoms with Crippen LogP contribution in [0.25, 0.3) is 0 Å². The summed E-state index contributed by atoms with van der Waals surface area (Å²) in [4.78, 5) is 33.1. The molecule has 0 bridgehead atoms. The Morgan fingerprint density at radius 2 is 1.62 bits per heavy atom. The van der Waals surface area contributed by atoms with Crippen molar-refractivity contribution in [3.63, 3.8) is 0 Å². The average molecular weight is 296 g/mol. The molecule has 0 rings (SSSR count). The van der Waals surface area contributed by atoms with E-state index in [0.717, 1.165) is 5.57 Å². The van der Waals surface area contributed by atoms with Crippen LogP contribution >= 0.6 is 0 Å². The van der Waals surface area contributed by atoms with Gasteiger partial charge in [0.1, 0.15) is 12.7 Å². The lowest BCUT2D eigenvalue weighted by atomic mass is 9.98. The first-order chi connectivity index (χ1) is 9.76. The second-order valence-corrected chi connectivity index (χ2v) is 4.88. The summed E-state index contributed by atoms with van der Waals surface area (Å²) >= 11 is 0. The molecular weight excluding hydrogens is 272 g/mol. The Labute approximate surface area is 126 Å². The molecule has 0 radical (unpaired) electrons. The van der Waals surface area contributed by atoms with Gasteiger partial charge in [0.15, 0.2) is 5.78 Å². The van der Waals surface area contributed by atoms with Gasteiger partial charge in [0, 0.05) is 19.8 Å². The molecule has 5 nitrogen and oxygen atoms in total. The quantitative estimate of drug-likeness (QED) is 0.391. The van der Waals surface area contributed by atoms with Crippen molar-refractivity contribution in [1.82, 2.24) is 0 Å². The molecule has 2 atom stereocenters. The standard InChI is InChI=1S/C16H24O5/c1-6-16(21-14(5)19)15(10-20-13(4)18)9-11(2)7-8-12(3)17/h7-9,15-16H,6,10H2,1-5H3/b8-7+,11-9+/t15-,16+/m0/s1. The van der Waals surface area contributed by atoms with Crippen LogP contribution in [0.15, 0.2) is 23.8 Å². The van der Waals surface area contributed by atoms with Crippen molar-refractivity contribution in [1.29, 1.82) is 0 Å². The van der Waals surface area contributed by atoms with Gasteiger partial charge in [0.25, 0.3) is 0 Å². The van der Waals surface area contributed by atoms with Gasteiger partial charge in [-0.2, -0.15) is 0 Å². The fraction of sp³-hybridized carbons (Fsp3) is 0.562. The zero-order chi connectivity index (χ0) is 16.4. The van der Waals surface area contributed by atoms with Crippen LogP contribution in [0, 0.1) is 5.92 Å². The van der Waals surface area contributed by atoms with Crippen molar-refractivity contribution in [2.75, 3.05) is 6.61 Å². The minimum absolute atomic E-state index is 0.0497. The lowest BCUT2D eigenvalue weighted by molar-refractivity contribution is -0.151. The van der Waals surface area contributed by atoms with Gasteiger partial charge >= 0.3 is 11.9 Å². The maximum Gasteiger partial charge on any atom is 0.302 e. The molecule has 0 aromatic carbocycles. The van der Waals surface area contributed by atoms with Crippen LogP contribution in [0.3, 0.4) is 0 Å². The van der Waals surface area contributed by atoms with E-state index in [-0.39, 0.29) is 36.4 Å². The maximum atomic E-state index is 11.1. The molecule has 5 heteroatoms. The lowest BCUT2D eigenvalue weighted by Crippen LogP contribution is -2.28. The summed E-state index contributed by atoms with van der Waals surface area (Å²) in [7, 11) is 0. The van der Waals surface area contributed by atoms with Gasteiger partial charge in [-0.05, 0) is 26.3 Å². The SMILES string of the molecule is CC[C@@H](OC(C)=O)[C@@H](/C=C(C)/C=C/C(C)=O)COC(C)=O. The summed E-state index contributed by atoms with van der Waals surface area (Å²) < 4.78 is 10.3. The number of carbonyl (C=O) groups is 3. The third-order valence-corrected chi connectivity index (χ3v) is 2.73. The van der Waals surface area contributed by atoms with E-state index in [1.807, 2.05) is 19.9 Å². The maximum absolute atomic E-state index is 11.1. The van der Waals surface area contributed by atoms with Gasteiger partial charge < -0.3 is 9.47 Å². The van der Waals surface area contributed by atoms with Crippen LogP contribution in [0.2, 0.25) is 0 Å². The van der Waals surface area contributed by atoms with Crippen LogP contribution in [-0.4, -0.2) is 30.4 Å². The highest BCUT2D eigenvalue weighted by molar-refractivity contribution is 5.87. The van der Waals surface area contributed by atoms with Crippen LogP contribution in [0.4, 0.5) is 0 Å². The Bertz CT molecular complexity index is 434. The first kappa shape index (κ1) is 19.1. The molecule has 0 aliphatic rings. The molecule has 0 aromatic rings. The molecular formula is C16H24O5. The highest BCUT2D eigenvalue weighted by Crippen LogP contribution is 2.17. The number of ether oxygens (including phenoxy) is 2. The van der Waals surface area contributed by atoms with E-state index in [1.54, 1.807) is 6.08 Å². The zero-order valence-electron chi connectivity index (χ0n) is 13.3. The van der Waals surface area contributed by atoms with Gasteiger partial charge in [0.2, 0.25) is 0 Å². The summed E-state index contributed by atoms with van der Waals surface area (Å²) in [6, 6.07) is 0. The van der Waals surface area contributed by atoms with Crippen LogP contribution < -0.4 is 0 Å². The number of rotatable bonds is 8. The minimum Gasteiger partial charge on any atom is -0.465 e. The summed E-state index contributed by atoms with van der Waals surface area (Å²) in [5.41, 5.74) is 0.841. The molecule has 0 saturated heterocycles. The van der Waals surface area contributed by atoms with Crippen molar-refractivity contribution >= 4 is 17.7 Å². The van der Waals surface area contributed by atoms with E-state index in [1.165, 1.54) is 26.8 Å². The molecule has 0 saturated carbocycles. The second kappa shape index (κ2) is 9.91. The Morgan fingerprint density at radius 1 is 1.00 bits per heavy atom. The van der Waals surface area contributed by atoms with Crippen LogP contribution in [0.1, 0.15) is 41.0 Å². The normalized spacial score (nSPS) is 14.6. The highest BCUT2D eigenvalue weighted by atomic mass is 16.6. The molecule has 0 heterocycles. The van der Waals surface area contributed by atoms with Crippen molar-refractivity contribution in [3.05, 3.63) is 23.8 Å². The van der Waals surface area contributed by atoms with Crippen LogP contribution in [-0.2, 0) is 23.9 Å². The van der Waals surface area contributed by atoms with Crippen molar-refractivity contribution in [2.24, 2.45) is 5.92 Å². The monoisotopic (exact) mass is 296 g/mol. The fourth-order valence-electron chi connectivity index (χ4n) is 1.81. The largest absolute Gasteiger partial charge is 0.465 e.